The first-order valence-electron chi connectivity index (χ1n) is 5.41. The molecule has 1 aliphatic heterocycles. The SMILES string of the molecule is Nc1nc2c(c(=O)[nH]1)CCN(CCO)CC2. The van der Waals surface area contributed by atoms with Crippen LogP contribution < -0.4 is 11.3 Å². The van der Waals surface area contributed by atoms with Gasteiger partial charge in [-0.05, 0) is 6.42 Å². The molecule has 0 saturated carbocycles. The fourth-order valence-electron chi connectivity index (χ4n) is 2.04. The van der Waals surface area contributed by atoms with Crippen molar-refractivity contribution >= 4 is 5.95 Å². The molecule has 0 fully saturated rings. The van der Waals surface area contributed by atoms with Gasteiger partial charge in [0.1, 0.15) is 0 Å². The summed E-state index contributed by atoms with van der Waals surface area (Å²) in [5, 5.41) is 8.88. The molecule has 88 valence electrons. The molecule has 0 atom stereocenters. The Balaban J connectivity index is 2.24. The summed E-state index contributed by atoms with van der Waals surface area (Å²) in [5.41, 5.74) is 6.90. The first kappa shape index (κ1) is 11.1. The Kier molecular flexibility index (Phi) is 3.21. The fraction of sp³-hybridized carbons (Fsp3) is 0.600. The summed E-state index contributed by atoms with van der Waals surface area (Å²) in [6.45, 7) is 2.37. The van der Waals surface area contributed by atoms with E-state index in [-0.39, 0.29) is 18.1 Å². The minimum atomic E-state index is -0.131. The van der Waals surface area contributed by atoms with E-state index in [2.05, 4.69) is 14.9 Å². The van der Waals surface area contributed by atoms with Crippen LogP contribution in [-0.4, -0.2) is 46.2 Å². The second-order valence-corrected chi connectivity index (χ2v) is 3.94. The second-order valence-electron chi connectivity index (χ2n) is 3.94. The first-order valence-corrected chi connectivity index (χ1v) is 5.41. The number of aliphatic hydroxyl groups is 1. The van der Waals surface area contributed by atoms with Crippen molar-refractivity contribution in [2.45, 2.75) is 12.8 Å². The van der Waals surface area contributed by atoms with E-state index in [1.165, 1.54) is 0 Å². The van der Waals surface area contributed by atoms with Crippen molar-refractivity contribution in [1.29, 1.82) is 0 Å². The molecule has 6 nitrogen and oxygen atoms in total. The van der Waals surface area contributed by atoms with Gasteiger partial charge < -0.3 is 15.7 Å². The molecule has 0 unspecified atom stereocenters. The van der Waals surface area contributed by atoms with Gasteiger partial charge in [-0.2, -0.15) is 0 Å². The maximum absolute atomic E-state index is 11.7. The van der Waals surface area contributed by atoms with Crippen LogP contribution in [-0.2, 0) is 12.8 Å². The lowest BCUT2D eigenvalue weighted by Gasteiger charge is -2.17. The quantitative estimate of drug-likeness (QED) is 0.583. The smallest absolute Gasteiger partial charge is 0.255 e. The van der Waals surface area contributed by atoms with Gasteiger partial charge in [0.25, 0.3) is 5.56 Å². The summed E-state index contributed by atoms with van der Waals surface area (Å²) < 4.78 is 0. The van der Waals surface area contributed by atoms with Crippen LogP contribution in [0.15, 0.2) is 4.79 Å². The predicted molar refractivity (Wildman–Crippen MR) is 60.2 cm³/mol. The number of nitrogens with one attached hydrogen (secondary N) is 1. The second kappa shape index (κ2) is 4.63. The third kappa shape index (κ3) is 2.23. The Bertz CT molecular complexity index is 429. The number of hydrogen-bond donors (Lipinski definition) is 3. The number of nitrogens with two attached hydrogens (primary N) is 1. The molecule has 0 amide bonds. The van der Waals surface area contributed by atoms with E-state index in [1.54, 1.807) is 0 Å². The van der Waals surface area contributed by atoms with Gasteiger partial charge in [0.05, 0.1) is 12.3 Å². The number of nitrogens with zero attached hydrogens (tertiary/aromatic N) is 2. The summed E-state index contributed by atoms with van der Waals surface area (Å²) in [4.78, 5) is 20.5. The number of anilines is 1. The van der Waals surface area contributed by atoms with E-state index in [0.29, 0.717) is 19.4 Å². The summed E-state index contributed by atoms with van der Waals surface area (Å²) in [6.07, 6.45) is 1.38. The number of rotatable bonds is 2. The highest BCUT2D eigenvalue weighted by atomic mass is 16.3. The molecule has 4 N–H and O–H groups in total. The van der Waals surface area contributed by atoms with E-state index in [0.717, 1.165) is 24.3 Å². The first-order chi connectivity index (χ1) is 7.70. The van der Waals surface area contributed by atoms with E-state index >= 15 is 0 Å². The number of β-amino-alcohol motifs (C(OH)–C–C–N with tert-alkyl or cyclic N) is 1. The fourth-order valence-corrected chi connectivity index (χ4v) is 2.04. The number of aliphatic hydroxyl groups excluding tert-OH is 1. The van der Waals surface area contributed by atoms with E-state index in [4.69, 9.17) is 10.8 Å². The highest BCUT2D eigenvalue weighted by Crippen LogP contribution is 2.10. The van der Waals surface area contributed by atoms with Crippen molar-refractivity contribution in [3.8, 4) is 0 Å². The van der Waals surface area contributed by atoms with Gasteiger partial charge in [0.15, 0.2) is 0 Å². The number of aromatic amines is 1. The lowest BCUT2D eigenvalue weighted by molar-refractivity contribution is 0.201. The minimum absolute atomic E-state index is 0.131. The Labute approximate surface area is 93.1 Å². The molecule has 0 spiro atoms. The van der Waals surface area contributed by atoms with Crippen LogP contribution >= 0.6 is 0 Å². The average Bonchev–Trinajstić information content (AvgIpc) is 2.42. The Morgan fingerprint density at radius 1 is 1.44 bits per heavy atom. The standard InChI is InChI=1S/C10H16N4O2/c11-10-12-8-2-4-14(5-6-15)3-1-7(8)9(16)13-10/h15H,1-6H2,(H3,11,12,13,16). The van der Waals surface area contributed by atoms with Gasteiger partial charge >= 0.3 is 0 Å². The molecule has 0 aliphatic carbocycles. The Morgan fingerprint density at radius 2 is 2.19 bits per heavy atom. The molecule has 1 aliphatic rings. The summed E-state index contributed by atoms with van der Waals surface area (Å²) in [5.74, 6) is 0.180. The number of H-pyrrole nitrogens is 1. The maximum atomic E-state index is 11.7. The van der Waals surface area contributed by atoms with Crippen LogP contribution in [0.5, 0.6) is 0 Å². The van der Waals surface area contributed by atoms with Gasteiger partial charge in [-0.15, -0.1) is 0 Å². The zero-order valence-corrected chi connectivity index (χ0v) is 9.07. The average molecular weight is 224 g/mol. The molecule has 6 heteroatoms. The molecule has 2 rings (SSSR count). The monoisotopic (exact) mass is 224 g/mol. The number of aromatic nitrogens is 2. The molecular formula is C10H16N4O2. The van der Waals surface area contributed by atoms with Crippen molar-refractivity contribution in [2.75, 3.05) is 32.0 Å². The number of hydrogen-bond acceptors (Lipinski definition) is 5. The van der Waals surface area contributed by atoms with E-state index in [1.807, 2.05) is 0 Å². The lowest BCUT2D eigenvalue weighted by atomic mass is 10.1. The molecular weight excluding hydrogens is 208 g/mol. The molecule has 1 aromatic heterocycles. The third-order valence-corrected chi connectivity index (χ3v) is 2.88. The zero-order chi connectivity index (χ0) is 11.5. The molecule has 2 heterocycles. The largest absolute Gasteiger partial charge is 0.395 e. The summed E-state index contributed by atoms with van der Waals surface area (Å²) >= 11 is 0. The van der Waals surface area contributed by atoms with Crippen molar-refractivity contribution in [3.63, 3.8) is 0 Å². The molecule has 0 bridgehead atoms. The Hall–Kier alpha value is -1.40. The van der Waals surface area contributed by atoms with Crippen LogP contribution in [0.25, 0.3) is 0 Å². The third-order valence-electron chi connectivity index (χ3n) is 2.88. The number of fused-ring (bicyclic) bond motifs is 1. The van der Waals surface area contributed by atoms with E-state index in [9.17, 15) is 4.79 Å². The molecule has 16 heavy (non-hydrogen) atoms. The summed E-state index contributed by atoms with van der Waals surface area (Å²) in [6, 6.07) is 0. The van der Waals surface area contributed by atoms with Crippen molar-refractivity contribution < 1.29 is 5.11 Å². The maximum Gasteiger partial charge on any atom is 0.255 e. The summed E-state index contributed by atoms with van der Waals surface area (Å²) in [7, 11) is 0. The Morgan fingerprint density at radius 3 is 2.94 bits per heavy atom. The van der Waals surface area contributed by atoms with Gasteiger partial charge in [0, 0.05) is 31.6 Å². The van der Waals surface area contributed by atoms with Crippen LogP contribution in [0.2, 0.25) is 0 Å². The van der Waals surface area contributed by atoms with Gasteiger partial charge in [0.2, 0.25) is 5.95 Å². The topological polar surface area (TPSA) is 95.2 Å². The van der Waals surface area contributed by atoms with Gasteiger partial charge in [-0.3, -0.25) is 9.78 Å². The zero-order valence-electron chi connectivity index (χ0n) is 9.07. The van der Waals surface area contributed by atoms with Gasteiger partial charge in [-0.1, -0.05) is 0 Å². The normalized spacial score (nSPS) is 16.8. The van der Waals surface area contributed by atoms with Crippen LogP contribution in [0.1, 0.15) is 11.3 Å². The van der Waals surface area contributed by atoms with Crippen molar-refractivity contribution in [3.05, 3.63) is 21.6 Å². The highest BCUT2D eigenvalue weighted by Gasteiger charge is 2.17. The highest BCUT2D eigenvalue weighted by molar-refractivity contribution is 5.26. The lowest BCUT2D eigenvalue weighted by Crippen LogP contribution is -2.29. The minimum Gasteiger partial charge on any atom is -0.395 e. The number of nitrogen functional groups attached to an aromatic ring is 1. The predicted octanol–water partition coefficient (Wildman–Crippen LogP) is -1.25. The molecule has 0 saturated heterocycles. The van der Waals surface area contributed by atoms with Crippen LogP contribution in [0.4, 0.5) is 5.95 Å². The van der Waals surface area contributed by atoms with Crippen molar-refractivity contribution in [2.24, 2.45) is 0 Å². The van der Waals surface area contributed by atoms with Crippen molar-refractivity contribution in [1.82, 2.24) is 14.9 Å². The van der Waals surface area contributed by atoms with Crippen LogP contribution in [0, 0.1) is 0 Å². The molecule has 1 aromatic rings. The van der Waals surface area contributed by atoms with E-state index < -0.39 is 0 Å². The van der Waals surface area contributed by atoms with Crippen LogP contribution in [0.3, 0.4) is 0 Å². The molecule has 0 radical (unpaired) electrons. The molecule has 0 aromatic carbocycles. The van der Waals surface area contributed by atoms with Gasteiger partial charge in [-0.25, -0.2) is 4.98 Å².